The Morgan fingerprint density at radius 2 is 2.08 bits per heavy atom. The van der Waals surface area contributed by atoms with Gasteiger partial charge >= 0.3 is 0 Å². The van der Waals surface area contributed by atoms with E-state index >= 15 is 0 Å². The van der Waals surface area contributed by atoms with E-state index in [1.165, 1.54) is 31.4 Å². The van der Waals surface area contributed by atoms with Crippen LogP contribution in [0.15, 0.2) is 4.99 Å². The first-order valence-electron chi connectivity index (χ1n) is 5.23. The zero-order chi connectivity index (χ0) is 8.55. The lowest BCUT2D eigenvalue weighted by molar-refractivity contribution is 0.342. The molecular weight excluding hydrogens is 146 g/mol. The van der Waals surface area contributed by atoms with Crippen molar-refractivity contribution in [1.82, 2.24) is 0 Å². The minimum atomic E-state index is 0.943. The average molecular weight is 165 g/mol. The van der Waals surface area contributed by atoms with Crippen LogP contribution in [-0.2, 0) is 0 Å². The van der Waals surface area contributed by atoms with E-state index in [0.717, 1.165) is 24.3 Å². The molecule has 0 aromatic heterocycles. The molecule has 2 saturated carbocycles. The van der Waals surface area contributed by atoms with Crippen LogP contribution in [0.3, 0.4) is 0 Å². The summed E-state index contributed by atoms with van der Waals surface area (Å²) in [6, 6.07) is 0. The van der Waals surface area contributed by atoms with Crippen molar-refractivity contribution in [2.45, 2.75) is 39.5 Å². The predicted octanol–water partition coefficient (Wildman–Crippen LogP) is 2.90. The van der Waals surface area contributed by atoms with Crippen LogP contribution in [0.2, 0.25) is 0 Å². The topological polar surface area (TPSA) is 12.4 Å². The number of aliphatic imine (C=N–C) groups is 1. The van der Waals surface area contributed by atoms with Gasteiger partial charge in [0.25, 0.3) is 0 Å². The molecule has 0 amide bonds. The quantitative estimate of drug-likeness (QED) is 0.558. The van der Waals surface area contributed by atoms with Gasteiger partial charge in [-0.25, -0.2) is 0 Å². The molecule has 68 valence electrons. The van der Waals surface area contributed by atoms with Crippen LogP contribution in [0.1, 0.15) is 39.5 Å². The van der Waals surface area contributed by atoms with Crippen molar-refractivity contribution in [3.05, 3.63) is 0 Å². The van der Waals surface area contributed by atoms with E-state index in [0.29, 0.717) is 0 Å². The molecule has 3 unspecified atom stereocenters. The molecule has 3 atom stereocenters. The Morgan fingerprint density at radius 1 is 1.25 bits per heavy atom. The van der Waals surface area contributed by atoms with Gasteiger partial charge in [-0.2, -0.15) is 0 Å². The summed E-state index contributed by atoms with van der Waals surface area (Å²) in [5, 5.41) is 0. The fourth-order valence-electron chi connectivity index (χ4n) is 2.90. The van der Waals surface area contributed by atoms with Gasteiger partial charge in [0, 0.05) is 12.3 Å². The molecule has 0 radical (unpaired) electrons. The first kappa shape index (κ1) is 8.28. The van der Waals surface area contributed by atoms with E-state index in [2.05, 4.69) is 18.8 Å². The summed E-state index contributed by atoms with van der Waals surface area (Å²) in [7, 11) is 0. The van der Waals surface area contributed by atoms with Crippen LogP contribution < -0.4 is 0 Å². The average Bonchev–Trinajstić information content (AvgIpc) is 2.60. The van der Waals surface area contributed by atoms with Crippen molar-refractivity contribution in [3.8, 4) is 0 Å². The van der Waals surface area contributed by atoms with Gasteiger partial charge in [-0.15, -0.1) is 0 Å². The molecule has 2 rings (SSSR count). The zero-order valence-electron chi connectivity index (χ0n) is 8.21. The first-order chi connectivity index (χ1) is 5.75. The third-order valence-electron chi connectivity index (χ3n) is 3.53. The van der Waals surface area contributed by atoms with Crippen molar-refractivity contribution < 1.29 is 0 Å². The molecule has 12 heavy (non-hydrogen) atoms. The Labute approximate surface area is 75.3 Å². The summed E-state index contributed by atoms with van der Waals surface area (Å²) in [6.07, 6.45) is 5.99. The van der Waals surface area contributed by atoms with E-state index < -0.39 is 0 Å². The van der Waals surface area contributed by atoms with E-state index in [1.54, 1.807) is 0 Å². The van der Waals surface area contributed by atoms with E-state index in [9.17, 15) is 0 Å². The summed E-state index contributed by atoms with van der Waals surface area (Å²) in [5.74, 6) is 3.06. The Hall–Kier alpha value is -0.330. The minimum absolute atomic E-state index is 0.943. The highest BCUT2D eigenvalue weighted by atomic mass is 14.7. The predicted molar refractivity (Wildman–Crippen MR) is 52.6 cm³/mol. The van der Waals surface area contributed by atoms with Gasteiger partial charge in [0.2, 0.25) is 0 Å². The first-order valence-corrected chi connectivity index (χ1v) is 5.23. The van der Waals surface area contributed by atoms with Crippen LogP contribution in [0.25, 0.3) is 0 Å². The van der Waals surface area contributed by atoms with E-state index in [1.807, 2.05) is 0 Å². The highest BCUT2D eigenvalue weighted by molar-refractivity contribution is 5.79. The molecule has 0 aromatic carbocycles. The van der Waals surface area contributed by atoms with Gasteiger partial charge in [0.1, 0.15) is 0 Å². The Balaban J connectivity index is 1.87. The fourth-order valence-corrected chi connectivity index (χ4v) is 2.90. The van der Waals surface area contributed by atoms with Crippen LogP contribution >= 0.6 is 0 Å². The molecule has 0 heterocycles. The third kappa shape index (κ3) is 1.55. The molecule has 0 spiro atoms. The lowest BCUT2D eigenvalue weighted by atomic mass is 9.89. The Morgan fingerprint density at radius 3 is 2.58 bits per heavy atom. The number of rotatable bonds is 2. The molecule has 2 aliphatic rings. The summed E-state index contributed by atoms with van der Waals surface area (Å²) in [5.41, 5.74) is 1.25. The van der Waals surface area contributed by atoms with Crippen molar-refractivity contribution >= 4 is 5.71 Å². The van der Waals surface area contributed by atoms with Gasteiger partial charge in [0.05, 0.1) is 0 Å². The summed E-state index contributed by atoms with van der Waals surface area (Å²) < 4.78 is 0. The third-order valence-corrected chi connectivity index (χ3v) is 3.53. The molecule has 0 N–H and O–H groups in total. The highest BCUT2D eigenvalue weighted by Gasteiger charge is 2.38. The minimum Gasteiger partial charge on any atom is -0.294 e. The fraction of sp³-hybridized carbons (Fsp3) is 0.909. The van der Waals surface area contributed by atoms with Crippen molar-refractivity contribution in [3.63, 3.8) is 0 Å². The van der Waals surface area contributed by atoms with Gasteiger partial charge in [-0.3, -0.25) is 4.99 Å². The molecule has 2 aliphatic carbocycles. The maximum absolute atomic E-state index is 4.54. The molecule has 2 fully saturated rings. The monoisotopic (exact) mass is 165 g/mol. The smallest absolute Gasteiger partial charge is 0.0419 e. The molecule has 0 aliphatic heterocycles. The SMILES string of the molecule is CC(C)=NCC1CC2CCC1C2. The van der Waals surface area contributed by atoms with Crippen molar-refractivity contribution in [2.24, 2.45) is 22.7 Å². The molecule has 1 heteroatoms. The highest BCUT2D eigenvalue weighted by Crippen LogP contribution is 2.48. The van der Waals surface area contributed by atoms with Crippen LogP contribution in [0.4, 0.5) is 0 Å². The summed E-state index contributed by atoms with van der Waals surface area (Å²) in [4.78, 5) is 4.54. The second kappa shape index (κ2) is 3.20. The van der Waals surface area contributed by atoms with Gasteiger partial charge in [-0.1, -0.05) is 6.42 Å². The van der Waals surface area contributed by atoms with Crippen molar-refractivity contribution in [1.29, 1.82) is 0 Å². The lowest BCUT2D eigenvalue weighted by Gasteiger charge is -2.19. The number of nitrogens with zero attached hydrogens (tertiary/aromatic N) is 1. The van der Waals surface area contributed by atoms with Gasteiger partial charge in [-0.05, 0) is 50.9 Å². The second-order valence-electron chi connectivity index (χ2n) is 4.72. The standard InChI is InChI=1S/C11H19N/c1-8(2)12-7-11-6-9-3-4-10(11)5-9/h9-11H,3-7H2,1-2H3. The van der Waals surface area contributed by atoms with E-state index in [-0.39, 0.29) is 0 Å². The summed E-state index contributed by atoms with van der Waals surface area (Å²) >= 11 is 0. The second-order valence-corrected chi connectivity index (χ2v) is 4.72. The van der Waals surface area contributed by atoms with E-state index in [4.69, 9.17) is 0 Å². The Bertz CT molecular complexity index is 191. The number of hydrogen-bond donors (Lipinski definition) is 0. The van der Waals surface area contributed by atoms with Crippen LogP contribution in [0, 0.1) is 17.8 Å². The number of hydrogen-bond acceptors (Lipinski definition) is 1. The molecule has 1 nitrogen and oxygen atoms in total. The van der Waals surface area contributed by atoms with Gasteiger partial charge in [0.15, 0.2) is 0 Å². The summed E-state index contributed by atoms with van der Waals surface area (Å²) in [6.45, 7) is 5.32. The zero-order valence-corrected chi connectivity index (χ0v) is 8.21. The maximum Gasteiger partial charge on any atom is 0.0419 e. The van der Waals surface area contributed by atoms with Crippen LogP contribution in [-0.4, -0.2) is 12.3 Å². The maximum atomic E-state index is 4.54. The van der Waals surface area contributed by atoms with Gasteiger partial charge < -0.3 is 0 Å². The Kier molecular flexibility index (Phi) is 2.20. The van der Waals surface area contributed by atoms with Crippen LogP contribution in [0.5, 0.6) is 0 Å². The lowest BCUT2D eigenvalue weighted by Crippen LogP contribution is -2.13. The van der Waals surface area contributed by atoms with Crippen molar-refractivity contribution in [2.75, 3.05) is 6.54 Å². The largest absolute Gasteiger partial charge is 0.294 e. The number of fused-ring (bicyclic) bond motifs is 2. The molecule has 0 aromatic rings. The molecule has 0 saturated heterocycles. The normalized spacial score (nSPS) is 38.7. The molecular formula is C11H19N. The molecule has 2 bridgehead atoms.